The summed E-state index contributed by atoms with van der Waals surface area (Å²) in [5.74, 6) is -2.62. The van der Waals surface area contributed by atoms with E-state index in [4.69, 9.17) is 21.1 Å². The van der Waals surface area contributed by atoms with Gasteiger partial charge in [-0.05, 0) is 43.3 Å². The summed E-state index contributed by atoms with van der Waals surface area (Å²) in [6.45, 7) is 1.05. The molecule has 4 amide bonds. The van der Waals surface area contributed by atoms with Crippen LogP contribution in [0.15, 0.2) is 36.4 Å². The van der Waals surface area contributed by atoms with Crippen molar-refractivity contribution in [1.82, 2.24) is 10.6 Å². The van der Waals surface area contributed by atoms with Gasteiger partial charge in [0.05, 0.1) is 28.1 Å². The lowest BCUT2D eigenvalue weighted by molar-refractivity contribution is -0.151. The van der Waals surface area contributed by atoms with E-state index in [1.54, 1.807) is 0 Å². The first-order chi connectivity index (χ1) is 17.5. The molecular formula is C22H22ClF3N4O6S. The largest absolute Gasteiger partial charge is 0.491 e. The number of hydrogen-bond donors (Lipinski definition) is 2. The van der Waals surface area contributed by atoms with Crippen molar-refractivity contribution in [3.05, 3.63) is 45.6 Å². The smallest absolute Gasteiger partial charge is 0.450 e. The van der Waals surface area contributed by atoms with E-state index in [1.165, 1.54) is 36.1 Å². The number of hydrogen-bond acceptors (Lipinski definition) is 7. The van der Waals surface area contributed by atoms with Crippen molar-refractivity contribution in [1.29, 1.82) is 0 Å². The monoisotopic (exact) mass is 562 g/mol. The molecule has 200 valence electrons. The number of carbonyl (C=O) groups excluding carboxylic acids is 4. The van der Waals surface area contributed by atoms with Gasteiger partial charge in [0.1, 0.15) is 12.6 Å². The number of carbonyl (C=O) groups is 4. The first-order valence-electron chi connectivity index (χ1n) is 10.9. The van der Waals surface area contributed by atoms with Crippen molar-refractivity contribution in [3.63, 3.8) is 0 Å². The Balaban J connectivity index is 1.84. The fraction of sp³-hybridized carbons (Fsp3) is 0.364. The summed E-state index contributed by atoms with van der Waals surface area (Å²) >= 11 is 6.73. The summed E-state index contributed by atoms with van der Waals surface area (Å²) in [5, 5.41) is 4.39. The Kier molecular flexibility index (Phi) is 9.34. The molecule has 0 unspecified atom stereocenters. The minimum Gasteiger partial charge on any atom is -0.450 e. The summed E-state index contributed by atoms with van der Waals surface area (Å²) in [6, 6.07) is 5.61. The SMILES string of the molecule is CCOC(=O)N[C@H](CNC(=O)c1ccc(Cl)s1)C(=O)N(c1ccc(N2CCOCC2=O)cc1)C(F)(F)F. The summed E-state index contributed by atoms with van der Waals surface area (Å²) < 4.78 is 52.3. The van der Waals surface area contributed by atoms with Gasteiger partial charge in [-0.1, -0.05) is 11.6 Å². The lowest BCUT2D eigenvalue weighted by atomic mass is 10.2. The van der Waals surface area contributed by atoms with Gasteiger partial charge >= 0.3 is 12.4 Å². The number of rotatable bonds is 8. The number of ether oxygens (including phenoxy) is 2. The van der Waals surface area contributed by atoms with Gasteiger partial charge in [0, 0.05) is 18.8 Å². The third-order valence-corrected chi connectivity index (χ3v) is 6.24. The zero-order valence-corrected chi connectivity index (χ0v) is 20.9. The maximum absolute atomic E-state index is 14.1. The van der Waals surface area contributed by atoms with Crippen LogP contribution in [0.2, 0.25) is 4.34 Å². The Labute approximate surface area is 218 Å². The zero-order valence-electron chi connectivity index (χ0n) is 19.3. The molecule has 3 rings (SSSR count). The van der Waals surface area contributed by atoms with Crippen LogP contribution < -0.4 is 20.4 Å². The molecule has 15 heteroatoms. The Hall–Kier alpha value is -3.36. The summed E-state index contributed by atoms with van der Waals surface area (Å²) in [4.78, 5) is 50.5. The molecule has 1 saturated heterocycles. The Morgan fingerprint density at radius 3 is 2.49 bits per heavy atom. The molecule has 1 fully saturated rings. The minimum atomic E-state index is -5.19. The molecule has 10 nitrogen and oxygen atoms in total. The van der Waals surface area contributed by atoms with Crippen molar-refractivity contribution in [2.24, 2.45) is 0 Å². The van der Waals surface area contributed by atoms with E-state index >= 15 is 0 Å². The number of halogens is 4. The van der Waals surface area contributed by atoms with Crippen LogP contribution in [0.1, 0.15) is 16.6 Å². The van der Waals surface area contributed by atoms with Gasteiger partial charge in [-0.2, -0.15) is 0 Å². The van der Waals surface area contributed by atoms with Crippen LogP contribution >= 0.6 is 22.9 Å². The molecule has 37 heavy (non-hydrogen) atoms. The van der Waals surface area contributed by atoms with Gasteiger partial charge in [0.25, 0.3) is 17.7 Å². The van der Waals surface area contributed by atoms with E-state index in [0.29, 0.717) is 10.0 Å². The number of benzene rings is 1. The molecule has 1 aromatic heterocycles. The van der Waals surface area contributed by atoms with Gasteiger partial charge in [0.15, 0.2) is 0 Å². The number of anilines is 2. The van der Waals surface area contributed by atoms with E-state index in [1.807, 2.05) is 0 Å². The quantitative estimate of drug-likeness (QED) is 0.477. The highest BCUT2D eigenvalue weighted by Gasteiger charge is 2.45. The molecule has 1 aliphatic rings. The summed E-state index contributed by atoms with van der Waals surface area (Å²) in [5.41, 5.74) is -0.233. The van der Waals surface area contributed by atoms with Crippen LogP contribution in [-0.2, 0) is 19.1 Å². The number of amides is 4. The molecule has 2 N–H and O–H groups in total. The molecular weight excluding hydrogens is 541 g/mol. The van der Waals surface area contributed by atoms with Crippen LogP contribution in [0.3, 0.4) is 0 Å². The second-order valence-corrected chi connectivity index (χ2v) is 9.20. The number of morpholine rings is 1. The molecule has 0 radical (unpaired) electrons. The Morgan fingerprint density at radius 2 is 1.92 bits per heavy atom. The van der Waals surface area contributed by atoms with E-state index in [9.17, 15) is 32.3 Å². The first-order valence-corrected chi connectivity index (χ1v) is 12.1. The topological polar surface area (TPSA) is 117 Å². The number of nitrogens with zero attached hydrogens (tertiary/aromatic N) is 2. The first kappa shape index (κ1) is 28.2. The van der Waals surface area contributed by atoms with Gasteiger partial charge in [-0.25, -0.2) is 9.69 Å². The number of thiophene rings is 1. The lowest BCUT2D eigenvalue weighted by Gasteiger charge is -2.30. The molecule has 1 aliphatic heterocycles. The Morgan fingerprint density at radius 1 is 1.22 bits per heavy atom. The standard InChI is InChI=1S/C22H22ClF3N4O6S/c1-2-36-21(34)28-15(11-27-19(32)16-7-8-17(23)37-16)20(33)30(22(24,25)26)14-5-3-13(4-6-14)29-9-10-35-12-18(29)31/h3-8,15H,2,9-12H2,1H3,(H,27,32)(H,28,34)/t15-/m1/s1. The van der Waals surface area contributed by atoms with Crippen molar-refractivity contribution in [3.8, 4) is 0 Å². The average Bonchev–Trinajstić information content (AvgIpc) is 3.28. The number of nitrogens with one attached hydrogen (secondary N) is 2. The normalized spacial score (nSPS) is 14.6. The van der Waals surface area contributed by atoms with E-state index in [0.717, 1.165) is 23.5 Å². The van der Waals surface area contributed by atoms with Crippen LogP contribution in [-0.4, -0.2) is 69.1 Å². The van der Waals surface area contributed by atoms with Crippen LogP contribution in [0.4, 0.5) is 29.3 Å². The molecule has 1 aromatic carbocycles. The molecule has 0 aliphatic carbocycles. The maximum Gasteiger partial charge on any atom is 0.491 e. The van der Waals surface area contributed by atoms with Gasteiger partial charge in [0.2, 0.25) is 0 Å². The summed E-state index contributed by atoms with van der Waals surface area (Å²) in [6.07, 6.45) is -6.33. The van der Waals surface area contributed by atoms with Crippen LogP contribution in [0.5, 0.6) is 0 Å². The van der Waals surface area contributed by atoms with Gasteiger partial charge < -0.3 is 25.0 Å². The molecule has 1 atom stereocenters. The molecule has 2 heterocycles. The van der Waals surface area contributed by atoms with Crippen LogP contribution in [0, 0.1) is 0 Å². The third kappa shape index (κ3) is 7.33. The highest BCUT2D eigenvalue weighted by molar-refractivity contribution is 7.18. The van der Waals surface area contributed by atoms with Crippen LogP contribution in [0.25, 0.3) is 0 Å². The van der Waals surface area contributed by atoms with Crippen molar-refractivity contribution >= 4 is 58.1 Å². The molecule has 0 saturated carbocycles. The van der Waals surface area contributed by atoms with Gasteiger partial charge in [-0.15, -0.1) is 24.5 Å². The highest BCUT2D eigenvalue weighted by Crippen LogP contribution is 2.31. The van der Waals surface area contributed by atoms with Gasteiger partial charge in [-0.3, -0.25) is 14.4 Å². The molecule has 0 bridgehead atoms. The number of alkyl carbamates (subject to hydrolysis) is 1. The minimum absolute atomic E-state index is 0.0997. The van der Waals surface area contributed by atoms with Crippen molar-refractivity contribution in [2.75, 3.05) is 42.7 Å². The van der Waals surface area contributed by atoms with Crippen molar-refractivity contribution < 1.29 is 41.8 Å². The zero-order chi connectivity index (χ0) is 27.2. The average molecular weight is 563 g/mol. The molecule has 2 aromatic rings. The molecule has 0 spiro atoms. The van der Waals surface area contributed by atoms with E-state index < -0.39 is 47.4 Å². The van der Waals surface area contributed by atoms with E-state index in [-0.39, 0.29) is 37.1 Å². The predicted molar refractivity (Wildman–Crippen MR) is 129 cm³/mol. The Bertz CT molecular complexity index is 1140. The number of alkyl halides is 3. The maximum atomic E-state index is 14.1. The predicted octanol–water partition coefficient (Wildman–Crippen LogP) is 3.16. The van der Waals surface area contributed by atoms with E-state index in [2.05, 4.69) is 10.6 Å². The third-order valence-electron chi connectivity index (χ3n) is 5.01. The lowest BCUT2D eigenvalue weighted by Crippen LogP contribution is -2.57. The summed E-state index contributed by atoms with van der Waals surface area (Å²) in [7, 11) is 0. The fourth-order valence-electron chi connectivity index (χ4n) is 3.36. The fourth-order valence-corrected chi connectivity index (χ4v) is 4.32. The second-order valence-electron chi connectivity index (χ2n) is 7.49. The second kappa shape index (κ2) is 12.3. The van der Waals surface area contributed by atoms with Crippen molar-refractivity contribution in [2.45, 2.75) is 19.3 Å². The highest BCUT2D eigenvalue weighted by atomic mass is 35.5.